The molecule has 0 spiro atoms. The average Bonchev–Trinajstić information content (AvgIpc) is 2.91. The number of amides is 1. The number of hydrazone groups is 1. The number of thiazole rings is 1. The Balaban J connectivity index is 2.10. The highest BCUT2D eigenvalue weighted by Gasteiger charge is 2.24. The molecule has 0 aliphatic rings. The number of aryl methyl sites for hydroxylation is 1. The minimum absolute atomic E-state index is 0.140. The van der Waals surface area contributed by atoms with Crippen molar-refractivity contribution in [3.05, 3.63) is 50.7 Å². The van der Waals surface area contributed by atoms with E-state index in [0.717, 1.165) is 5.01 Å². The second kappa shape index (κ2) is 6.82. The summed E-state index contributed by atoms with van der Waals surface area (Å²) >= 11 is 1.33. The molecule has 10 heteroatoms. The predicted molar refractivity (Wildman–Crippen MR) is 72.5 cm³/mol. The maximum absolute atomic E-state index is 13.3. The van der Waals surface area contributed by atoms with E-state index in [2.05, 4.69) is 10.1 Å². The summed E-state index contributed by atoms with van der Waals surface area (Å²) in [6.07, 6.45) is 0.208. The zero-order chi connectivity index (χ0) is 17.1. The molecular weight excluding hydrogens is 341 g/mol. The van der Waals surface area contributed by atoms with Gasteiger partial charge in [0.2, 0.25) is 11.7 Å². The van der Waals surface area contributed by atoms with E-state index in [-0.39, 0.29) is 6.42 Å². The second-order valence-electron chi connectivity index (χ2n) is 4.31. The maximum atomic E-state index is 13.3. The Hall–Kier alpha value is -2.36. The van der Waals surface area contributed by atoms with Crippen LogP contribution in [0.1, 0.15) is 16.3 Å². The Morgan fingerprint density at radius 3 is 2.26 bits per heavy atom. The fourth-order valence-corrected chi connectivity index (χ4v) is 2.21. The summed E-state index contributed by atoms with van der Waals surface area (Å²) in [5.74, 6) is -11.2. The van der Waals surface area contributed by atoms with Crippen LogP contribution in [0.15, 0.2) is 10.5 Å². The molecule has 23 heavy (non-hydrogen) atoms. The molecule has 1 aromatic heterocycles. The third-order valence-corrected chi connectivity index (χ3v) is 3.46. The number of carbonyl (C=O) groups is 1. The van der Waals surface area contributed by atoms with Crippen LogP contribution < -0.4 is 5.43 Å². The summed E-state index contributed by atoms with van der Waals surface area (Å²) in [6, 6.07) is 0. The Morgan fingerprint density at radius 1 is 1.17 bits per heavy atom. The number of aromatic nitrogens is 1. The van der Waals surface area contributed by atoms with Crippen LogP contribution in [0.3, 0.4) is 0 Å². The fourth-order valence-electron chi connectivity index (χ4n) is 1.60. The van der Waals surface area contributed by atoms with E-state index in [1.807, 2.05) is 5.43 Å². The average molecular weight is 349 g/mol. The predicted octanol–water partition coefficient (Wildman–Crippen LogP) is 2.84. The molecule has 0 aliphatic heterocycles. The largest absolute Gasteiger partial charge is 0.273 e. The van der Waals surface area contributed by atoms with E-state index in [0.29, 0.717) is 11.9 Å². The van der Waals surface area contributed by atoms with Gasteiger partial charge in [-0.1, -0.05) is 0 Å². The van der Waals surface area contributed by atoms with Crippen molar-refractivity contribution >= 4 is 23.5 Å². The quantitative estimate of drug-likeness (QED) is 0.303. The third-order valence-electron chi connectivity index (χ3n) is 2.63. The molecule has 4 nitrogen and oxygen atoms in total. The van der Waals surface area contributed by atoms with Gasteiger partial charge < -0.3 is 0 Å². The van der Waals surface area contributed by atoms with Crippen LogP contribution in [0.25, 0.3) is 0 Å². The first-order valence-corrected chi connectivity index (χ1v) is 6.93. The van der Waals surface area contributed by atoms with Crippen LogP contribution in [0, 0.1) is 36.0 Å². The second-order valence-corrected chi connectivity index (χ2v) is 5.37. The summed E-state index contributed by atoms with van der Waals surface area (Å²) in [4.78, 5) is 15.5. The lowest BCUT2D eigenvalue weighted by Gasteiger charge is -2.03. The highest BCUT2D eigenvalue weighted by molar-refractivity contribution is 7.09. The van der Waals surface area contributed by atoms with Crippen LogP contribution in [-0.2, 0) is 11.2 Å². The van der Waals surface area contributed by atoms with Crippen molar-refractivity contribution < 1.29 is 26.7 Å². The topological polar surface area (TPSA) is 54.4 Å². The third kappa shape index (κ3) is 3.70. The highest BCUT2D eigenvalue weighted by Crippen LogP contribution is 2.21. The van der Waals surface area contributed by atoms with Gasteiger partial charge in [-0.2, -0.15) is 5.10 Å². The van der Waals surface area contributed by atoms with Gasteiger partial charge in [-0.15, -0.1) is 11.3 Å². The summed E-state index contributed by atoms with van der Waals surface area (Å²) in [5, 5.41) is 5.58. The van der Waals surface area contributed by atoms with E-state index in [4.69, 9.17) is 0 Å². The van der Waals surface area contributed by atoms with Crippen LogP contribution in [0.4, 0.5) is 22.0 Å². The van der Waals surface area contributed by atoms with Crippen molar-refractivity contribution in [2.75, 3.05) is 0 Å². The van der Waals surface area contributed by atoms with Gasteiger partial charge in [0.05, 0.1) is 28.9 Å². The summed E-state index contributed by atoms with van der Waals surface area (Å²) in [7, 11) is 0. The van der Waals surface area contributed by atoms with Crippen molar-refractivity contribution in [3.8, 4) is 0 Å². The number of carbonyl (C=O) groups excluding carboxylic acids is 1. The lowest BCUT2D eigenvalue weighted by molar-refractivity contribution is -0.120. The molecule has 1 heterocycles. The molecular formula is C13H8F5N3OS. The molecule has 0 saturated carbocycles. The minimum Gasteiger partial charge on any atom is -0.273 e. The van der Waals surface area contributed by atoms with Crippen LogP contribution in [-0.4, -0.2) is 17.1 Å². The highest BCUT2D eigenvalue weighted by atomic mass is 32.1. The molecule has 1 N–H and O–H groups in total. The van der Waals surface area contributed by atoms with Crippen molar-refractivity contribution in [2.45, 2.75) is 13.3 Å². The lowest BCUT2D eigenvalue weighted by Crippen LogP contribution is -2.20. The number of nitrogens with one attached hydrogen (secondary N) is 1. The van der Waals surface area contributed by atoms with Gasteiger partial charge in [0, 0.05) is 5.38 Å². The van der Waals surface area contributed by atoms with Gasteiger partial charge in [0.15, 0.2) is 23.3 Å². The molecule has 1 aromatic carbocycles. The number of rotatable bonds is 4. The standard InChI is InChI=1S/C13H8F5N3OS/c1-5-20-6(4-23-5)2-8(22)21-19-3-7-9(14)11(16)13(18)12(17)10(7)15/h3-4H,2H2,1H3,(H,21,22)/b19-3-. The molecule has 0 atom stereocenters. The fraction of sp³-hybridized carbons (Fsp3) is 0.154. The number of hydrogen-bond donors (Lipinski definition) is 1. The molecule has 2 aromatic rings. The number of benzene rings is 1. The van der Waals surface area contributed by atoms with Gasteiger partial charge in [-0.3, -0.25) is 4.79 Å². The Bertz CT molecular complexity index is 761. The minimum atomic E-state index is -2.26. The van der Waals surface area contributed by atoms with Gasteiger partial charge in [0.25, 0.3) is 0 Å². The van der Waals surface area contributed by atoms with E-state index >= 15 is 0 Å². The van der Waals surface area contributed by atoms with Gasteiger partial charge >= 0.3 is 0 Å². The summed E-state index contributed by atoms with van der Waals surface area (Å²) < 4.78 is 65.5. The molecule has 122 valence electrons. The van der Waals surface area contributed by atoms with Crippen LogP contribution in [0.2, 0.25) is 0 Å². The maximum Gasteiger partial charge on any atom is 0.246 e. The first kappa shape index (κ1) is 17.0. The van der Waals surface area contributed by atoms with Crippen molar-refractivity contribution in [3.63, 3.8) is 0 Å². The smallest absolute Gasteiger partial charge is 0.246 e. The Labute approximate surface area is 130 Å². The number of halogens is 5. The molecule has 0 bridgehead atoms. The molecule has 0 aliphatic carbocycles. The Morgan fingerprint density at radius 2 is 1.74 bits per heavy atom. The van der Waals surface area contributed by atoms with Crippen molar-refractivity contribution in [1.82, 2.24) is 10.4 Å². The molecule has 2 rings (SSSR count). The molecule has 0 saturated heterocycles. The normalized spacial score (nSPS) is 11.2. The van der Waals surface area contributed by atoms with E-state index in [9.17, 15) is 26.7 Å². The summed E-state index contributed by atoms with van der Waals surface area (Å²) in [5.41, 5.74) is 1.14. The lowest BCUT2D eigenvalue weighted by atomic mass is 10.2. The van der Waals surface area contributed by atoms with Crippen LogP contribution in [0.5, 0.6) is 0 Å². The van der Waals surface area contributed by atoms with Crippen molar-refractivity contribution in [1.29, 1.82) is 0 Å². The van der Waals surface area contributed by atoms with Gasteiger partial charge in [-0.25, -0.2) is 32.4 Å². The first-order chi connectivity index (χ1) is 10.8. The molecule has 0 fully saturated rings. The van der Waals surface area contributed by atoms with Crippen molar-refractivity contribution in [2.24, 2.45) is 5.10 Å². The number of nitrogens with zero attached hydrogens (tertiary/aromatic N) is 2. The first-order valence-electron chi connectivity index (χ1n) is 6.05. The zero-order valence-corrected chi connectivity index (χ0v) is 12.3. The molecule has 1 amide bonds. The monoisotopic (exact) mass is 349 g/mol. The van der Waals surface area contributed by atoms with E-state index in [1.54, 1.807) is 12.3 Å². The number of hydrogen-bond acceptors (Lipinski definition) is 4. The zero-order valence-electron chi connectivity index (χ0n) is 11.5. The van der Waals surface area contributed by atoms with Gasteiger partial charge in [-0.05, 0) is 6.92 Å². The Kier molecular flexibility index (Phi) is 5.04. The molecule has 0 unspecified atom stereocenters. The van der Waals surface area contributed by atoms with E-state index in [1.165, 1.54) is 11.3 Å². The summed E-state index contributed by atoms with van der Waals surface area (Å²) in [6.45, 7) is 1.74. The molecule has 0 radical (unpaired) electrons. The van der Waals surface area contributed by atoms with E-state index < -0.39 is 40.6 Å². The SMILES string of the molecule is Cc1nc(CC(=O)N/N=C\c2c(F)c(F)c(F)c(F)c2F)cs1. The van der Waals surface area contributed by atoms with Crippen LogP contribution >= 0.6 is 11.3 Å². The van der Waals surface area contributed by atoms with Gasteiger partial charge in [0.1, 0.15) is 0 Å².